The Morgan fingerprint density at radius 2 is 1.97 bits per heavy atom. The van der Waals surface area contributed by atoms with Gasteiger partial charge in [-0.2, -0.15) is 23.4 Å². The van der Waals surface area contributed by atoms with E-state index >= 15 is 0 Å². The van der Waals surface area contributed by atoms with Gasteiger partial charge in [-0.05, 0) is 45.6 Å². The highest BCUT2D eigenvalue weighted by Gasteiger charge is 2.30. The van der Waals surface area contributed by atoms with Crippen LogP contribution in [0, 0.1) is 0 Å². The van der Waals surface area contributed by atoms with Crippen molar-refractivity contribution in [3.8, 4) is 5.69 Å². The lowest BCUT2D eigenvalue weighted by Crippen LogP contribution is -2.21. The van der Waals surface area contributed by atoms with Crippen molar-refractivity contribution in [3.05, 3.63) is 68.0 Å². The molecule has 0 aliphatic heterocycles. The van der Waals surface area contributed by atoms with Crippen molar-refractivity contribution < 1.29 is 18.0 Å². The lowest BCUT2D eigenvalue weighted by atomic mass is 10.1. The van der Waals surface area contributed by atoms with E-state index in [1.807, 2.05) is 0 Å². The highest BCUT2D eigenvalue weighted by molar-refractivity contribution is 9.10. The maximum absolute atomic E-state index is 13.0. The zero-order chi connectivity index (χ0) is 21.5. The Hall–Kier alpha value is -2.99. The molecule has 154 valence electrons. The third-order valence-corrected chi connectivity index (χ3v) is 5.98. The van der Waals surface area contributed by atoms with E-state index in [9.17, 15) is 22.8 Å². The van der Waals surface area contributed by atoms with Crippen LogP contribution in [0.4, 0.5) is 18.2 Å². The lowest BCUT2D eigenvalue weighted by molar-refractivity contribution is -0.137. The van der Waals surface area contributed by atoms with Crippen molar-refractivity contribution in [3.63, 3.8) is 0 Å². The predicted octanol–water partition coefficient (Wildman–Crippen LogP) is 4.13. The topological polar surface area (TPSA) is 92.7 Å². The Balaban J connectivity index is 1.61. The number of carbonyl (C=O) groups excluding carboxylic acids is 1. The van der Waals surface area contributed by atoms with Crippen LogP contribution < -0.4 is 10.9 Å². The van der Waals surface area contributed by atoms with Crippen LogP contribution in [0.15, 0.2) is 51.3 Å². The predicted molar refractivity (Wildman–Crippen MR) is 109 cm³/mol. The summed E-state index contributed by atoms with van der Waals surface area (Å²) < 4.78 is 39.5. The zero-order valence-corrected chi connectivity index (χ0v) is 17.2. The molecule has 4 rings (SSSR count). The van der Waals surface area contributed by atoms with Gasteiger partial charge >= 0.3 is 6.18 Å². The molecule has 0 saturated carbocycles. The average molecular weight is 498 g/mol. The molecule has 0 bridgehead atoms. The number of hydrogen-bond acceptors (Lipinski definition) is 5. The molecule has 0 radical (unpaired) electrons. The number of nitrogens with one attached hydrogen (secondary N) is 2. The second kappa shape index (κ2) is 7.69. The van der Waals surface area contributed by atoms with Gasteiger partial charge in [0.15, 0.2) is 0 Å². The largest absolute Gasteiger partial charge is 0.416 e. The maximum Gasteiger partial charge on any atom is 0.416 e. The van der Waals surface area contributed by atoms with E-state index in [2.05, 4.69) is 36.4 Å². The molecule has 3 aromatic heterocycles. The van der Waals surface area contributed by atoms with Gasteiger partial charge in [-0.15, -0.1) is 16.1 Å². The normalized spacial score (nSPS) is 11.7. The molecule has 30 heavy (non-hydrogen) atoms. The molecule has 0 unspecified atom stereocenters. The van der Waals surface area contributed by atoms with E-state index in [4.69, 9.17) is 0 Å². The molecule has 2 N–H and O–H groups in total. The average Bonchev–Trinajstić information content (AvgIpc) is 3.31. The number of hydrogen-bond donors (Lipinski definition) is 2. The summed E-state index contributed by atoms with van der Waals surface area (Å²) in [5.74, 6) is -0.505. The highest BCUT2D eigenvalue weighted by atomic mass is 79.9. The summed E-state index contributed by atoms with van der Waals surface area (Å²) in [5.41, 5.74) is -0.545. The molecule has 0 spiro atoms. The second-order valence-corrected chi connectivity index (χ2v) is 7.96. The van der Waals surface area contributed by atoms with E-state index < -0.39 is 23.2 Å². The number of rotatable bonds is 4. The number of amides is 1. The number of carbonyl (C=O) groups is 1. The standard InChI is InChI=1S/C18H11BrF3N5O2S/c19-12-8-30-17(15(12)27-23-3-4-24-27)26-14(28)7-10-5-9-6-11(18(20,21)22)1-2-13(9)25-16(10)29/h1-6,8H,7H2,(H,25,29)(H,26,28). The minimum Gasteiger partial charge on any atom is -0.322 e. The van der Waals surface area contributed by atoms with Crippen LogP contribution >= 0.6 is 27.3 Å². The molecule has 1 aromatic carbocycles. The monoisotopic (exact) mass is 497 g/mol. The van der Waals surface area contributed by atoms with E-state index in [1.54, 1.807) is 5.38 Å². The van der Waals surface area contributed by atoms with Crippen LogP contribution in [0.5, 0.6) is 0 Å². The van der Waals surface area contributed by atoms with Crippen LogP contribution in [-0.4, -0.2) is 25.9 Å². The minimum absolute atomic E-state index is 0.0497. The number of alkyl halides is 3. The Kier molecular flexibility index (Phi) is 5.20. The Labute approximate surface area is 178 Å². The first-order valence-corrected chi connectivity index (χ1v) is 10.1. The lowest BCUT2D eigenvalue weighted by Gasteiger charge is -2.09. The number of anilines is 1. The number of pyridine rings is 1. The number of nitrogens with zero attached hydrogens (tertiary/aromatic N) is 3. The van der Waals surface area contributed by atoms with Crippen molar-refractivity contribution in [1.29, 1.82) is 0 Å². The van der Waals surface area contributed by atoms with Crippen LogP contribution in [0.25, 0.3) is 16.6 Å². The Morgan fingerprint density at radius 3 is 2.67 bits per heavy atom. The molecular weight excluding hydrogens is 487 g/mol. The van der Waals surface area contributed by atoms with Gasteiger partial charge in [0.1, 0.15) is 10.7 Å². The Bertz CT molecular complexity index is 1300. The number of aromatic amines is 1. The van der Waals surface area contributed by atoms with Gasteiger partial charge in [-0.25, -0.2) is 0 Å². The summed E-state index contributed by atoms with van der Waals surface area (Å²) in [6, 6.07) is 4.31. The van der Waals surface area contributed by atoms with Crippen molar-refractivity contribution in [2.24, 2.45) is 0 Å². The number of thiophene rings is 1. The highest BCUT2D eigenvalue weighted by Crippen LogP contribution is 2.35. The summed E-state index contributed by atoms with van der Waals surface area (Å²) in [5, 5.41) is 13.2. The summed E-state index contributed by atoms with van der Waals surface area (Å²) in [7, 11) is 0. The fraction of sp³-hybridized carbons (Fsp3) is 0.111. The smallest absolute Gasteiger partial charge is 0.322 e. The summed E-state index contributed by atoms with van der Waals surface area (Å²) in [6.07, 6.45) is -1.85. The molecule has 1 amide bonds. The van der Waals surface area contributed by atoms with Crippen molar-refractivity contribution in [2.45, 2.75) is 12.6 Å². The quantitative estimate of drug-likeness (QED) is 0.443. The first kappa shape index (κ1) is 20.3. The molecule has 7 nitrogen and oxygen atoms in total. The third-order valence-electron chi connectivity index (χ3n) is 4.19. The Morgan fingerprint density at radius 1 is 1.23 bits per heavy atom. The molecule has 0 aliphatic carbocycles. The molecule has 0 saturated heterocycles. The van der Waals surface area contributed by atoms with Crippen molar-refractivity contribution in [2.75, 3.05) is 5.32 Å². The molecular formula is C18H11BrF3N5O2S. The maximum atomic E-state index is 13.0. The van der Waals surface area contributed by atoms with E-state index in [-0.39, 0.29) is 22.9 Å². The molecule has 0 fully saturated rings. The summed E-state index contributed by atoms with van der Waals surface area (Å²) in [4.78, 5) is 28.6. The fourth-order valence-electron chi connectivity index (χ4n) is 2.84. The molecule has 4 aromatic rings. The van der Waals surface area contributed by atoms with Gasteiger partial charge in [-0.1, -0.05) is 0 Å². The number of benzene rings is 1. The van der Waals surface area contributed by atoms with Crippen LogP contribution in [0.2, 0.25) is 0 Å². The minimum atomic E-state index is -4.51. The van der Waals surface area contributed by atoms with E-state index in [0.29, 0.717) is 15.2 Å². The first-order valence-electron chi connectivity index (χ1n) is 8.39. The van der Waals surface area contributed by atoms with Gasteiger partial charge in [0.25, 0.3) is 5.56 Å². The van der Waals surface area contributed by atoms with Crippen molar-refractivity contribution in [1.82, 2.24) is 20.0 Å². The van der Waals surface area contributed by atoms with Gasteiger partial charge in [0.2, 0.25) is 5.91 Å². The molecule has 0 atom stereocenters. The van der Waals surface area contributed by atoms with Gasteiger partial charge < -0.3 is 10.3 Å². The van der Waals surface area contributed by atoms with Crippen molar-refractivity contribution >= 4 is 49.1 Å². The van der Waals surface area contributed by atoms with Crippen LogP contribution in [0.3, 0.4) is 0 Å². The van der Waals surface area contributed by atoms with Crippen LogP contribution in [-0.2, 0) is 17.4 Å². The van der Waals surface area contributed by atoms with Gasteiger partial charge in [0, 0.05) is 16.5 Å². The number of H-pyrrole nitrogens is 1. The van der Waals surface area contributed by atoms with Gasteiger partial charge in [-0.3, -0.25) is 9.59 Å². The van der Waals surface area contributed by atoms with Crippen LogP contribution in [0.1, 0.15) is 11.1 Å². The number of fused-ring (bicyclic) bond motifs is 1. The number of halogens is 4. The SMILES string of the molecule is O=C(Cc1cc2cc(C(F)(F)F)ccc2[nH]c1=O)Nc1scc(Br)c1-n1nccn1. The first-order chi connectivity index (χ1) is 14.2. The number of aromatic nitrogens is 4. The molecule has 0 aliphatic rings. The summed E-state index contributed by atoms with van der Waals surface area (Å²) in [6.45, 7) is 0. The molecule has 3 heterocycles. The third kappa shape index (κ3) is 4.00. The molecule has 12 heteroatoms. The zero-order valence-electron chi connectivity index (χ0n) is 14.8. The van der Waals surface area contributed by atoms with E-state index in [0.717, 1.165) is 12.1 Å². The van der Waals surface area contributed by atoms with Gasteiger partial charge in [0.05, 0.1) is 28.9 Å². The summed E-state index contributed by atoms with van der Waals surface area (Å²) >= 11 is 4.60. The fourth-order valence-corrected chi connectivity index (χ4v) is 4.42. The second-order valence-electron chi connectivity index (χ2n) is 6.23. The van der Waals surface area contributed by atoms with E-state index in [1.165, 1.54) is 40.7 Å².